The number of nitrogens with one attached hydrogen (secondary N) is 1. The monoisotopic (exact) mass is 348 g/mol. The summed E-state index contributed by atoms with van der Waals surface area (Å²) in [5.74, 6) is 7.91. The van der Waals surface area contributed by atoms with Gasteiger partial charge in [0.25, 0.3) is 0 Å². The van der Waals surface area contributed by atoms with Crippen LogP contribution in [-0.2, 0) is 4.79 Å². The Morgan fingerprint density at radius 1 is 1.19 bits per heavy atom. The smallest absolute Gasteiger partial charge is 0.219 e. The van der Waals surface area contributed by atoms with Crippen LogP contribution in [0.5, 0.6) is 11.6 Å². The molecule has 1 unspecified atom stereocenters. The van der Waals surface area contributed by atoms with Gasteiger partial charge in [-0.2, -0.15) is 0 Å². The van der Waals surface area contributed by atoms with Gasteiger partial charge in [0.15, 0.2) is 0 Å². The van der Waals surface area contributed by atoms with Crippen LogP contribution >= 0.6 is 0 Å². The summed E-state index contributed by atoms with van der Waals surface area (Å²) in [6.07, 6.45) is 6.95. The predicted molar refractivity (Wildman–Crippen MR) is 102 cm³/mol. The van der Waals surface area contributed by atoms with E-state index in [0.717, 1.165) is 11.3 Å². The fraction of sp³-hybridized carbons (Fsp3) is 0.364. The summed E-state index contributed by atoms with van der Waals surface area (Å²) in [6.45, 7) is 3.32. The molecule has 0 radical (unpaired) electrons. The molecule has 2 aromatic rings. The van der Waals surface area contributed by atoms with E-state index < -0.39 is 0 Å². The summed E-state index contributed by atoms with van der Waals surface area (Å²) < 4.78 is 5.81. The molecule has 1 atom stereocenters. The highest BCUT2D eigenvalue weighted by Crippen LogP contribution is 2.34. The molecule has 0 saturated heterocycles. The molecule has 1 aromatic heterocycles. The summed E-state index contributed by atoms with van der Waals surface area (Å²) >= 11 is 0. The van der Waals surface area contributed by atoms with Crippen molar-refractivity contribution in [3.63, 3.8) is 0 Å². The zero-order valence-electron chi connectivity index (χ0n) is 15.3. The second kappa shape index (κ2) is 8.53. The van der Waals surface area contributed by atoms with E-state index in [4.69, 9.17) is 4.74 Å². The number of rotatable bonds is 4. The molecule has 134 valence electrons. The van der Waals surface area contributed by atoms with Crippen molar-refractivity contribution in [1.82, 2.24) is 10.3 Å². The van der Waals surface area contributed by atoms with Crippen molar-refractivity contribution in [3.05, 3.63) is 53.7 Å². The fourth-order valence-electron chi connectivity index (χ4n) is 3.24. The third kappa shape index (κ3) is 5.10. The molecule has 1 fully saturated rings. The zero-order valence-corrected chi connectivity index (χ0v) is 15.3. The molecule has 1 aliphatic carbocycles. The number of aromatic nitrogens is 1. The van der Waals surface area contributed by atoms with Crippen molar-refractivity contribution in [1.29, 1.82) is 0 Å². The van der Waals surface area contributed by atoms with Gasteiger partial charge < -0.3 is 10.1 Å². The zero-order chi connectivity index (χ0) is 18.4. The topological polar surface area (TPSA) is 51.2 Å². The molecule has 1 heterocycles. The summed E-state index contributed by atoms with van der Waals surface area (Å²) in [5, 5.41) is 2.72. The SMILES string of the molecule is CC(=O)NC(C)C#Cc1ccc(Oc2ccc(C3CCCC3)cc2)nc1. The molecule has 1 saturated carbocycles. The van der Waals surface area contributed by atoms with E-state index in [1.165, 1.54) is 38.2 Å². The molecule has 4 heteroatoms. The molecular formula is C22H24N2O2. The Morgan fingerprint density at radius 3 is 2.54 bits per heavy atom. The highest BCUT2D eigenvalue weighted by Gasteiger charge is 2.16. The van der Waals surface area contributed by atoms with E-state index in [1.807, 2.05) is 25.1 Å². The van der Waals surface area contributed by atoms with E-state index in [1.54, 1.807) is 12.3 Å². The van der Waals surface area contributed by atoms with Crippen molar-refractivity contribution in [2.45, 2.75) is 51.5 Å². The van der Waals surface area contributed by atoms with Gasteiger partial charge in [0.05, 0.1) is 6.04 Å². The van der Waals surface area contributed by atoms with Crippen LogP contribution in [0.25, 0.3) is 0 Å². The van der Waals surface area contributed by atoms with Crippen molar-refractivity contribution in [2.24, 2.45) is 0 Å². The van der Waals surface area contributed by atoms with E-state index in [-0.39, 0.29) is 11.9 Å². The number of benzene rings is 1. The van der Waals surface area contributed by atoms with Crippen LogP contribution in [-0.4, -0.2) is 16.9 Å². The number of pyridine rings is 1. The van der Waals surface area contributed by atoms with E-state index in [9.17, 15) is 4.79 Å². The van der Waals surface area contributed by atoms with Crippen LogP contribution in [0.4, 0.5) is 0 Å². The Labute approximate surface area is 155 Å². The van der Waals surface area contributed by atoms with Gasteiger partial charge in [0, 0.05) is 24.8 Å². The maximum absolute atomic E-state index is 11.0. The van der Waals surface area contributed by atoms with Crippen LogP contribution in [0.1, 0.15) is 56.6 Å². The maximum Gasteiger partial charge on any atom is 0.219 e. The standard InChI is InChI=1S/C22H24N2O2/c1-16(24-17(2)25)7-8-18-9-14-22(23-15-18)26-21-12-10-20(11-13-21)19-5-3-4-6-19/h9-16,19H,3-6H2,1-2H3,(H,24,25). The molecule has 0 spiro atoms. The number of hydrogen-bond acceptors (Lipinski definition) is 3. The van der Waals surface area contributed by atoms with Gasteiger partial charge in [-0.15, -0.1) is 0 Å². The lowest BCUT2D eigenvalue weighted by Gasteiger charge is -2.10. The quantitative estimate of drug-likeness (QED) is 0.833. The second-order valence-corrected chi connectivity index (χ2v) is 6.73. The Hall–Kier alpha value is -2.80. The molecule has 4 nitrogen and oxygen atoms in total. The van der Waals surface area contributed by atoms with Crippen molar-refractivity contribution in [3.8, 4) is 23.5 Å². The van der Waals surface area contributed by atoms with Crippen molar-refractivity contribution >= 4 is 5.91 Å². The van der Waals surface area contributed by atoms with Crippen LogP contribution in [0, 0.1) is 11.8 Å². The first-order valence-corrected chi connectivity index (χ1v) is 9.12. The van der Waals surface area contributed by atoms with Crippen molar-refractivity contribution in [2.75, 3.05) is 0 Å². The van der Waals surface area contributed by atoms with Crippen molar-refractivity contribution < 1.29 is 9.53 Å². The minimum absolute atomic E-state index is 0.0902. The average molecular weight is 348 g/mol. The summed E-state index contributed by atoms with van der Waals surface area (Å²) in [5.41, 5.74) is 2.19. The molecule has 1 aliphatic rings. The molecule has 1 amide bonds. The first-order chi connectivity index (χ1) is 12.6. The van der Waals surface area contributed by atoms with Gasteiger partial charge in [0.1, 0.15) is 5.75 Å². The normalized spacial score (nSPS) is 15.0. The highest BCUT2D eigenvalue weighted by molar-refractivity contribution is 5.73. The number of carbonyl (C=O) groups excluding carboxylic acids is 1. The van der Waals surface area contributed by atoms with E-state index in [0.29, 0.717) is 11.8 Å². The summed E-state index contributed by atoms with van der Waals surface area (Å²) in [6, 6.07) is 11.8. The molecule has 0 aliphatic heterocycles. The number of ether oxygens (including phenoxy) is 1. The minimum atomic E-state index is -0.193. The van der Waals surface area contributed by atoms with Gasteiger partial charge in [-0.1, -0.05) is 36.8 Å². The van der Waals surface area contributed by atoms with Crippen LogP contribution in [0.3, 0.4) is 0 Å². The fourth-order valence-corrected chi connectivity index (χ4v) is 3.24. The molecule has 26 heavy (non-hydrogen) atoms. The lowest BCUT2D eigenvalue weighted by atomic mass is 9.98. The Balaban J connectivity index is 1.59. The number of hydrogen-bond donors (Lipinski definition) is 1. The Kier molecular flexibility index (Phi) is 5.91. The van der Waals surface area contributed by atoms with E-state index >= 15 is 0 Å². The average Bonchev–Trinajstić information content (AvgIpc) is 3.16. The molecule has 1 aromatic carbocycles. The highest BCUT2D eigenvalue weighted by atomic mass is 16.5. The number of carbonyl (C=O) groups is 1. The number of amides is 1. The second-order valence-electron chi connectivity index (χ2n) is 6.73. The lowest BCUT2D eigenvalue weighted by molar-refractivity contribution is -0.119. The molecule has 1 N–H and O–H groups in total. The third-order valence-corrected chi connectivity index (χ3v) is 4.52. The van der Waals surface area contributed by atoms with Gasteiger partial charge in [-0.3, -0.25) is 4.79 Å². The lowest BCUT2D eigenvalue weighted by Crippen LogP contribution is -2.28. The summed E-state index contributed by atoms with van der Waals surface area (Å²) in [7, 11) is 0. The first kappa shape index (κ1) is 18.0. The van der Waals surface area contributed by atoms with Gasteiger partial charge in [-0.25, -0.2) is 4.98 Å². The largest absolute Gasteiger partial charge is 0.439 e. The van der Waals surface area contributed by atoms with Crippen LogP contribution in [0.15, 0.2) is 42.6 Å². The number of nitrogens with zero attached hydrogens (tertiary/aromatic N) is 1. The summed E-state index contributed by atoms with van der Waals surface area (Å²) in [4.78, 5) is 15.3. The van der Waals surface area contributed by atoms with E-state index in [2.05, 4.69) is 34.3 Å². The third-order valence-electron chi connectivity index (χ3n) is 4.52. The molecule has 3 rings (SSSR count). The van der Waals surface area contributed by atoms with Gasteiger partial charge in [-0.05, 0) is 49.4 Å². The molecular weight excluding hydrogens is 324 g/mol. The Morgan fingerprint density at radius 2 is 1.92 bits per heavy atom. The van der Waals surface area contributed by atoms with Gasteiger partial charge >= 0.3 is 0 Å². The Bertz CT molecular complexity index is 795. The van der Waals surface area contributed by atoms with Crippen LogP contribution in [0.2, 0.25) is 0 Å². The van der Waals surface area contributed by atoms with Gasteiger partial charge in [0.2, 0.25) is 11.8 Å². The van der Waals surface area contributed by atoms with Crippen LogP contribution < -0.4 is 10.1 Å². The molecule has 0 bridgehead atoms. The predicted octanol–water partition coefficient (Wildman–Crippen LogP) is 4.41. The first-order valence-electron chi connectivity index (χ1n) is 9.12. The minimum Gasteiger partial charge on any atom is -0.439 e. The maximum atomic E-state index is 11.0.